The summed E-state index contributed by atoms with van der Waals surface area (Å²) >= 11 is 0. The molecule has 1 aliphatic heterocycles. The molecule has 0 aliphatic carbocycles. The molecule has 0 aromatic heterocycles. The number of imide groups is 1. The van der Waals surface area contributed by atoms with Crippen LogP contribution in [0.4, 0.5) is 31.7 Å². The third kappa shape index (κ3) is 2.89. The summed E-state index contributed by atoms with van der Waals surface area (Å²) in [6.07, 6.45) is 0. The molecule has 1 heterocycles. The summed E-state index contributed by atoms with van der Waals surface area (Å²) in [6, 6.07) is 18.4. The zero-order valence-electron chi connectivity index (χ0n) is 13.9. The number of nitrogens with zero attached hydrogens (tertiary/aromatic N) is 2. The van der Waals surface area contributed by atoms with E-state index in [1.807, 2.05) is 0 Å². The minimum Gasteiger partial charge on any atom is -0.288 e. The molecule has 134 valence electrons. The van der Waals surface area contributed by atoms with Crippen LogP contribution in [0.5, 0.6) is 0 Å². The van der Waals surface area contributed by atoms with Gasteiger partial charge in [-0.25, -0.2) is 0 Å². The predicted octanol–water partition coefficient (Wildman–Crippen LogP) is 4.62. The van der Waals surface area contributed by atoms with Gasteiger partial charge in [-0.2, -0.15) is 10.2 Å². The number of hydrogen-bond acceptors (Lipinski definition) is 4. The van der Waals surface area contributed by atoms with Crippen molar-refractivity contribution in [2.45, 2.75) is 0 Å². The van der Waals surface area contributed by atoms with E-state index in [0.29, 0.717) is 0 Å². The standard InChI is InChI=1S/C20H13F2N3O2/c21-24(13-7-3-1-4-8-13)17-11-15-16(20(27)23-19(15)26)12-18(17)25(22)14-9-5-2-6-10-14/h1-12H,(H,23,26,27). The van der Waals surface area contributed by atoms with E-state index >= 15 is 8.96 Å². The highest BCUT2D eigenvalue weighted by Crippen LogP contribution is 2.41. The molecule has 1 N–H and O–H groups in total. The number of amides is 2. The van der Waals surface area contributed by atoms with Crippen LogP contribution >= 0.6 is 0 Å². The first-order valence-electron chi connectivity index (χ1n) is 8.12. The first-order valence-corrected chi connectivity index (χ1v) is 8.12. The first kappa shape index (κ1) is 16.7. The lowest BCUT2D eigenvalue weighted by atomic mass is 10.1. The number of carbonyl (C=O) groups is 2. The molecule has 0 bridgehead atoms. The molecule has 2 amide bonds. The summed E-state index contributed by atoms with van der Waals surface area (Å²) in [7, 11) is 0. The van der Waals surface area contributed by atoms with Crippen molar-refractivity contribution in [2.24, 2.45) is 0 Å². The maximum absolute atomic E-state index is 15.1. The molecular weight excluding hydrogens is 352 g/mol. The van der Waals surface area contributed by atoms with Crippen molar-refractivity contribution in [2.75, 3.05) is 10.2 Å². The Morgan fingerprint density at radius 3 is 1.37 bits per heavy atom. The van der Waals surface area contributed by atoms with Gasteiger partial charge < -0.3 is 0 Å². The Morgan fingerprint density at radius 2 is 1.00 bits per heavy atom. The number of halogens is 2. The van der Waals surface area contributed by atoms with Gasteiger partial charge in [0.2, 0.25) is 0 Å². The Balaban J connectivity index is 1.89. The zero-order chi connectivity index (χ0) is 19.0. The fraction of sp³-hybridized carbons (Fsp3) is 0. The van der Waals surface area contributed by atoms with Crippen molar-refractivity contribution in [1.82, 2.24) is 5.32 Å². The normalized spacial score (nSPS) is 12.5. The fourth-order valence-electron chi connectivity index (χ4n) is 2.90. The molecule has 5 nitrogen and oxygen atoms in total. The maximum atomic E-state index is 15.1. The van der Waals surface area contributed by atoms with Crippen LogP contribution in [0.3, 0.4) is 0 Å². The van der Waals surface area contributed by atoms with Crippen LogP contribution in [-0.4, -0.2) is 11.8 Å². The molecule has 4 rings (SSSR count). The molecule has 3 aromatic rings. The van der Waals surface area contributed by atoms with E-state index in [1.165, 1.54) is 36.4 Å². The maximum Gasteiger partial charge on any atom is 0.259 e. The van der Waals surface area contributed by atoms with Gasteiger partial charge in [-0.05, 0) is 36.4 Å². The average Bonchev–Trinajstić information content (AvgIpc) is 3.00. The summed E-state index contributed by atoms with van der Waals surface area (Å²) in [5, 5.41) is 2.69. The highest BCUT2D eigenvalue weighted by atomic mass is 19.2. The zero-order valence-corrected chi connectivity index (χ0v) is 13.9. The second kappa shape index (κ2) is 6.53. The number of fused-ring (bicyclic) bond motifs is 1. The molecule has 0 unspecified atom stereocenters. The van der Waals surface area contributed by atoms with Gasteiger partial charge in [0.25, 0.3) is 11.8 Å². The molecule has 0 atom stereocenters. The highest BCUT2D eigenvalue weighted by molar-refractivity contribution is 6.22. The summed E-state index contributed by atoms with van der Waals surface area (Å²) in [6.45, 7) is 0. The van der Waals surface area contributed by atoms with Crippen molar-refractivity contribution in [3.8, 4) is 0 Å². The second-order valence-electron chi connectivity index (χ2n) is 5.90. The SMILES string of the molecule is O=C1NC(=O)c2cc(N(F)c3ccccc3)c(N(F)c3ccccc3)cc21. The van der Waals surface area contributed by atoms with Gasteiger partial charge in [0.15, 0.2) is 0 Å². The van der Waals surface area contributed by atoms with Gasteiger partial charge in [-0.3, -0.25) is 14.9 Å². The van der Waals surface area contributed by atoms with Crippen LogP contribution in [0.1, 0.15) is 20.7 Å². The van der Waals surface area contributed by atoms with Gasteiger partial charge in [-0.1, -0.05) is 45.4 Å². The van der Waals surface area contributed by atoms with Gasteiger partial charge in [-0.15, -0.1) is 0 Å². The summed E-state index contributed by atoms with van der Waals surface area (Å²) in [4.78, 5) is 23.9. The molecule has 3 aromatic carbocycles. The third-order valence-electron chi connectivity index (χ3n) is 4.22. The minimum absolute atomic E-state index is 0.00112. The Morgan fingerprint density at radius 1 is 0.630 bits per heavy atom. The van der Waals surface area contributed by atoms with E-state index in [2.05, 4.69) is 5.32 Å². The number of carbonyl (C=O) groups excluding carboxylic acids is 2. The number of hydrogen-bond donors (Lipinski definition) is 1. The lowest BCUT2D eigenvalue weighted by Gasteiger charge is -2.22. The molecule has 1 aliphatic rings. The molecule has 0 radical (unpaired) electrons. The van der Waals surface area contributed by atoms with Crippen LogP contribution in [0.25, 0.3) is 0 Å². The number of nitrogens with one attached hydrogen (secondary N) is 1. The van der Waals surface area contributed by atoms with E-state index < -0.39 is 11.8 Å². The summed E-state index contributed by atoms with van der Waals surface area (Å²) in [5.41, 5.74) is -0.0836. The van der Waals surface area contributed by atoms with Crippen LogP contribution in [0.15, 0.2) is 72.8 Å². The van der Waals surface area contributed by atoms with E-state index in [-0.39, 0.29) is 44.1 Å². The Bertz CT molecular complexity index is 944. The molecule has 0 spiro atoms. The van der Waals surface area contributed by atoms with E-state index in [4.69, 9.17) is 0 Å². The van der Waals surface area contributed by atoms with Gasteiger partial charge in [0.1, 0.15) is 11.4 Å². The van der Waals surface area contributed by atoms with E-state index in [0.717, 1.165) is 0 Å². The number of rotatable bonds is 4. The lowest BCUT2D eigenvalue weighted by molar-refractivity contribution is 0.0879. The quantitative estimate of drug-likeness (QED) is 0.542. The molecule has 0 saturated carbocycles. The van der Waals surface area contributed by atoms with E-state index in [9.17, 15) is 9.59 Å². The molecule has 0 saturated heterocycles. The summed E-state index contributed by atoms with van der Waals surface area (Å²) < 4.78 is 30.2. The Hall–Kier alpha value is -3.74. The smallest absolute Gasteiger partial charge is 0.259 e. The van der Waals surface area contributed by atoms with Crippen molar-refractivity contribution in [3.63, 3.8) is 0 Å². The number of para-hydroxylation sites is 2. The number of benzene rings is 3. The minimum atomic E-state index is -0.644. The third-order valence-corrected chi connectivity index (χ3v) is 4.22. The summed E-state index contributed by atoms with van der Waals surface area (Å²) in [5.74, 6) is -1.29. The molecule has 27 heavy (non-hydrogen) atoms. The van der Waals surface area contributed by atoms with Gasteiger partial charge in [0, 0.05) is 0 Å². The Labute approximate surface area is 153 Å². The van der Waals surface area contributed by atoms with Crippen molar-refractivity contribution >= 4 is 34.6 Å². The molecule has 0 fully saturated rings. The topological polar surface area (TPSA) is 52.7 Å². The van der Waals surface area contributed by atoms with Crippen LogP contribution in [0.2, 0.25) is 0 Å². The Kier molecular flexibility index (Phi) is 4.04. The van der Waals surface area contributed by atoms with Gasteiger partial charge in [0.05, 0.1) is 22.5 Å². The second-order valence-corrected chi connectivity index (χ2v) is 5.90. The van der Waals surface area contributed by atoms with Crippen LogP contribution in [-0.2, 0) is 0 Å². The average molecular weight is 365 g/mol. The van der Waals surface area contributed by atoms with Gasteiger partial charge >= 0.3 is 0 Å². The largest absolute Gasteiger partial charge is 0.288 e. The number of anilines is 4. The van der Waals surface area contributed by atoms with Crippen molar-refractivity contribution in [3.05, 3.63) is 83.9 Å². The van der Waals surface area contributed by atoms with Crippen LogP contribution < -0.4 is 15.6 Å². The first-order chi connectivity index (χ1) is 13.1. The van der Waals surface area contributed by atoms with Crippen molar-refractivity contribution < 1.29 is 18.6 Å². The van der Waals surface area contributed by atoms with Crippen molar-refractivity contribution in [1.29, 1.82) is 0 Å². The highest BCUT2D eigenvalue weighted by Gasteiger charge is 2.31. The van der Waals surface area contributed by atoms with E-state index in [1.54, 1.807) is 36.4 Å². The monoisotopic (exact) mass is 365 g/mol. The molecular formula is C20H13F2N3O2. The van der Waals surface area contributed by atoms with Crippen LogP contribution in [0, 0.1) is 0 Å². The lowest BCUT2D eigenvalue weighted by Crippen LogP contribution is -2.19. The fourth-order valence-corrected chi connectivity index (χ4v) is 2.90. The predicted molar refractivity (Wildman–Crippen MR) is 97.6 cm³/mol. The molecule has 7 heteroatoms.